The summed E-state index contributed by atoms with van der Waals surface area (Å²) in [5.74, 6) is -0.765. The summed E-state index contributed by atoms with van der Waals surface area (Å²) in [4.78, 5) is 14.7. The van der Waals surface area contributed by atoms with E-state index < -0.39 is 23.3 Å². The maximum absolute atomic E-state index is 13.7. The molecule has 3 rings (SSSR count). The maximum Gasteiger partial charge on any atom is 0.434 e. The van der Waals surface area contributed by atoms with Gasteiger partial charge >= 0.3 is 6.18 Å². The average molecular weight is 401 g/mol. The lowest BCUT2D eigenvalue weighted by Gasteiger charge is -2.32. The van der Waals surface area contributed by atoms with Crippen molar-refractivity contribution in [3.05, 3.63) is 46.7 Å². The quantitative estimate of drug-likeness (QED) is 0.850. The first kappa shape index (κ1) is 19.7. The zero-order chi connectivity index (χ0) is 19.6. The number of halogens is 4. The molecular weight excluding hydrogens is 381 g/mol. The second-order valence-electron chi connectivity index (χ2n) is 6.50. The molecule has 1 aliphatic rings. The minimum Gasteiger partial charge on any atom is -0.348 e. The van der Waals surface area contributed by atoms with Gasteiger partial charge in [-0.05, 0) is 44.1 Å². The van der Waals surface area contributed by atoms with Gasteiger partial charge in [0.15, 0.2) is 5.69 Å². The molecule has 27 heavy (non-hydrogen) atoms. The van der Waals surface area contributed by atoms with Crippen molar-refractivity contribution in [3.63, 3.8) is 0 Å². The summed E-state index contributed by atoms with van der Waals surface area (Å²) in [6.07, 6.45) is -2.15. The zero-order valence-corrected chi connectivity index (χ0v) is 15.5. The Kier molecular flexibility index (Phi) is 5.76. The molecular formula is C18H20ClF3N4O. The largest absolute Gasteiger partial charge is 0.434 e. The van der Waals surface area contributed by atoms with Gasteiger partial charge in [0.25, 0.3) is 5.91 Å². The highest BCUT2D eigenvalue weighted by atomic mass is 35.5. The lowest BCUT2D eigenvalue weighted by atomic mass is 10.1. The zero-order valence-electron chi connectivity index (χ0n) is 14.8. The van der Waals surface area contributed by atoms with Crippen molar-refractivity contribution in [2.45, 2.75) is 32.0 Å². The number of nitrogens with zero attached hydrogens (tertiary/aromatic N) is 3. The molecule has 1 aromatic heterocycles. The molecule has 1 atom stereocenters. The molecule has 1 fully saturated rings. The van der Waals surface area contributed by atoms with Crippen LogP contribution in [0.5, 0.6) is 0 Å². The number of amides is 1. The Balaban J connectivity index is 1.90. The van der Waals surface area contributed by atoms with E-state index in [2.05, 4.69) is 15.3 Å². The number of likely N-dealkylation sites (tertiary alicyclic amines) is 1. The normalized spacial score (nSPS) is 18.5. The van der Waals surface area contributed by atoms with E-state index in [0.29, 0.717) is 11.2 Å². The van der Waals surface area contributed by atoms with Gasteiger partial charge in [-0.3, -0.25) is 4.79 Å². The first-order valence-electron chi connectivity index (χ1n) is 8.74. The van der Waals surface area contributed by atoms with Crippen LogP contribution in [0.4, 0.5) is 13.2 Å². The minimum absolute atomic E-state index is 0.142. The van der Waals surface area contributed by atoms with Gasteiger partial charge in [-0.1, -0.05) is 24.6 Å². The highest BCUT2D eigenvalue weighted by Gasteiger charge is 2.41. The number of benzene rings is 1. The summed E-state index contributed by atoms with van der Waals surface area (Å²) >= 11 is 5.88. The van der Waals surface area contributed by atoms with Crippen molar-refractivity contribution < 1.29 is 18.0 Å². The number of likely N-dealkylation sites (N-methyl/N-ethyl adjacent to an activating group) is 1. The van der Waals surface area contributed by atoms with Crippen LogP contribution in [-0.4, -0.2) is 46.3 Å². The smallest absolute Gasteiger partial charge is 0.348 e. The Bertz CT molecular complexity index is 821. The highest BCUT2D eigenvalue weighted by Crippen LogP contribution is 2.34. The van der Waals surface area contributed by atoms with Crippen LogP contribution >= 0.6 is 11.6 Å². The molecule has 1 N–H and O–H groups in total. The van der Waals surface area contributed by atoms with Crippen LogP contribution in [0.2, 0.25) is 5.02 Å². The van der Waals surface area contributed by atoms with E-state index in [1.165, 1.54) is 18.2 Å². The fourth-order valence-corrected chi connectivity index (χ4v) is 3.50. The fraction of sp³-hybridized carbons (Fsp3) is 0.444. The van der Waals surface area contributed by atoms with E-state index in [-0.39, 0.29) is 16.8 Å². The molecule has 146 valence electrons. The van der Waals surface area contributed by atoms with Gasteiger partial charge in [-0.2, -0.15) is 18.3 Å². The van der Waals surface area contributed by atoms with Crippen LogP contribution in [0.25, 0.3) is 5.69 Å². The van der Waals surface area contributed by atoms with Crippen LogP contribution in [0.15, 0.2) is 30.5 Å². The average Bonchev–Trinajstić information content (AvgIpc) is 3.07. The summed E-state index contributed by atoms with van der Waals surface area (Å²) in [7, 11) is 0. The molecule has 0 spiro atoms. The molecule has 0 saturated carbocycles. The molecule has 1 aliphatic heterocycles. The second kappa shape index (κ2) is 7.90. The highest BCUT2D eigenvalue weighted by molar-refractivity contribution is 6.30. The number of nitrogens with one attached hydrogen (secondary N) is 1. The van der Waals surface area contributed by atoms with Crippen molar-refractivity contribution in [1.29, 1.82) is 0 Å². The molecule has 1 amide bonds. The van der Waals surface area contributed by atoms with E-state index in [1.807, 2.05) is 6.92 Å². The van der Waals surface area contributed by atoms with Crippen molar-refractivity contribution in [3.8, 4) is 5.69 Å². The van der Waals surface area contributed by atoms with E-state index in [4.69, 9.17) is 11.6 Å². The predicted octanol–water partition coefficient (Wildman–Crippen LogP) is 3.76. The van der Waals surface area contributed by atoms with Crippen molar-refractivity contribution in [2.75, 3.05) is 19.6 Å². The number of carbonyl (C=O) groups excluding carboxylic acids is 1. The van der Waals surface area contributed by atoms with Gasteiger partial charge in [0.1, 0.15) is 0 Å². The third kappa shape index (κ3) is 4.44. The molecule has 0 aliphatic carbocycles. The Hall–Kier alpha value is -2.06. The van der Waals surface area contributed by atoms with Crippen LogP contribution in [-0.2, 0) is 6.18 Å². The SMILES string of the molecule is CCN1CCC[C@@H](NC(=O)c2cnn(-c3cccc(Cl)c3)c2C(F)(F)F)C1. The summed E-state index contributed by atoms with van der Waals surface area (Å²) in [6.45, 7) is 4.42. The number of piperidine rings is 1. The lowest BCUT2D eigenvalue weighted by molar-refractivity contribution is -0.143. The Morgan fingerprint density at radius 2 is 2.19 bits per heavy atom. The number of aromatic nitrogens is 2. The van der Waals surface area contributed by atoms with Crippen molar-refractivity contribution >= 4 is 17.5 Å². The summed E-state index contributed by atoms with van der Waals surface area (Å²) < 4.78 is 41.8. The Labute approximate surface area is 160 Å². The van der Waals surface area contributed by atoms with Crippen LogP contribution < -0.4 is 5.32 Å². The first-order valence-corrected chi connectivity index (χ1v) is 9.11. The Morgan fingerprint density at radius 3 is 2.85 bits per heavy atom. The molecule has 0 radical (unpaired) electrons. The van der Waals surface area contributed by atoms with Gasteiger partial charge in [0.05, 0.1) is 17.4 Å². The molecule has 0 unspecified atom stereocenters. The molecule has 5 nitrogen and oxygen atoms in total. The van der Waals surface area contributed by atoms with Gasteiger partial charge in [-0.25, -0.2) is 4.68 Å². The van der Waals surface area contributed by atoms with E-state index in [1.54, 1.807) is 6.07 Å². The monoisotopic (exact) mass is 400 g/mol. The van der Waals surface area contributed by atoms with E-state index >= 15 is 0 Å². The molecule has 2 heterocycles. The van der Waals surface area contributed by atoms with Crippen molar-refractivity contribution in [2.24, 2.45) is 0 Å². The molecule has 1 saturated heterocycles. The van der Waals surface area contributed by atoms with Gasteiger partial charge < -0.3 is 10.2 Å². The van der Waals surface area contributed by atoms with Crippen LogP contribution in [0.1, 0.15) is 35.8 Å². The van der Waals surface area contributed by atoms with Gasteiger partial charge in [-0.15, -0.1) is 0 Å². The maximum atomic E-state index is 13.7. The number of rotatable bonds is 4. The molecule has 0 bridgehead atoms. The summed E-state index contributed by atoms with van der Waals surface area (Å²) in [6, 6.07) is 5.72. The predicted molar refractivity (Wildman–Crippen MR) is 96.2 cm³/mol. The van der Waals surface area contributed by atoms with Crippen molar-refractivity contribution in [1.82, 2.24) is 20.0 Å². The van der Waals surface area contributed by atoms with Gasteiger partial charge in [0.2, 0.25) is 0 Å². The minimum atomic E-state index is -4.74. The third-order valence-corrected chi connectivity index (χ3v) is 4.86. The topological polar surface area (TPSA) is 50.2 Å². The molecule has 2 aromatic rings. The van der Waals surface area contributed by atoms with Gasteiger partial charge in [0, 0.05) is 17.6 Å². The Morgan fingerprint density at radius 1 is 1.41 bits per heavy atom. The number of hydrogen-bond acceptors (Lipinski definition) is 3. The lowest BCUT2D eigenvalue weighted by Crippen LogP contribution is -2.47. The standard InChI is InChI=1S/C18H20ClF3N4O/c1-2-25-8-4-6-13(11-25)24-17(27)15-10-23-26(16(15)18(20,21)22)14-7-3-5-12(19)9-14/h3,5,7,9-10,13H,2,4,6,8,11H2,1H3,(H,24,27)/t13-/m1/s1. The molecule has 9 heteroatoms. The van der Waals surface area contributed by atoms with E-state index in [9.17, 15) is 18.0 Å². The molecule has 1 aromatic carbocycles. The van der Waals surface area contributed by atoms with Crippen LogP contribution in [0, 0.1) is 0 Å². The summed E-state index contributed by atoms with van der Waals surface area (Å²) in [5, 5.41) is 6.82. The number of alkyl halides is 3. The van der Waals surface area contributed by atoms with E-state index in [0.717, 1.165) is 32.1 Å². The summed E-state index contributed by atoms with van der Waals surface area (Å²) in [5.41, 5.74) is -1.45. The third-order valence-electron chi connectivity index (χ3n) is 4.62. The second-order valence-corrected chi connectivity index (χ2v) is 6.94. The van der Waals surface area contributed by atoms with Crippen LogP contribution in [0.3, 0.4) is 0 Å². The number of hydrogen-bond donors (Lipinski definition) is 1. The fourth-order valence-electron chi connectivity index (χ4n) is 3.31. The number of carbonyl (C=O) groups is 1. The first-order chi connectivity index (χ1) is 12.8.